The van der Waals surface area contributed by atoms with Crippen LogP contribution in [0.4, 0.5) is 0 Å². The molecule has 0 bridgehead atoms. The van der Waals surface area contributed by atoms with Gasteiger partial charge in [-0.2, -0.15) is 0 Å². The molecular weight excluding hydrogens is 188 g/mol. The molecule has 0 amide bonds. The van der Waals surface area contributed by atoms with E-state index in [0.717, 1.165) is 25.9 Å². The summed E-state index contributed by atoms with van der Waals surface area (Å²) < 4.78 is 5.61. The second-order valence-electron chi connectivity index (χ2n) is 5.84. The number of hydrazine groups is 1. The molecule has 0 aromatic rings. The van der Waals surface area contributed by atoms with Crippen LogP contribution >= 0.6 is 0 Å². The van der Waals surface area contributed by atoms with Gasteiger partial charge in [-0.05, 0) is 37.5 Å². The summed E-state index contributed by atoms with van der Waals surface area (Å²) in [6, 6.07) is 0.425. The Balaban J connectivity index is 2.21. The van der Waals surface area contributed by atoms with Gasteiger partial charge in [0.2, 0.25) is 0 Å². The Labute approximate surface area is 93.7 Å². The first-order valence-electron chi connectivity index (χ1n) is 6.09. The molecule has 1 saturated heterocycles. The molecule has 1 aliphatic rings. The van der Waals surface area contributed by atoms with Crippen molar-refractivity contribution in [1.29, 1.82) is 0 Å². The fraction of sp³-hybridized carbons (Fsp3) is 1.00. The lowest BCUT2D eigenvalue weighted by molar-refractivity contribution is 0.0977. The summed E-state index contributed by atoms with van der Waals surface area (Å²) in [6.07, 6.45) is 6.33. The van der Waals surface area contributed by atoms with E-state index in [1.807, 2.05) is 0 Å². The van der Waals surface area contributed by atoms with Gasteiger partial charge in [-0.3, -0.25) is 11.3 Å². The summed E-state index contributed by atoms with van der Waals surface area (Å²) in [5.41, 5.74) is 3.27. The zero-order chi connectivity index (χ0) is 11.3. The maximum absolute atomic E-state index is 5.61. The van der Waals surface area contributed by atoms with E-state index in [1.54, 1.807) is 0 Å². The van der Waals surface area contributed by atoms with E-state index in [4.69, 9.17) is 10.6 Å². The number of hydrogen-bond donors (Lipinski definition) is 2. The highest BCUT2D eigenvalue weighted by molar-refractivity contribution is 4.75. The van der Waals surface area contributed by atoms with Gasteiger partial charge in [0, 0.05) is 12.6 Å². The van der Waals surface area contributed by atoms with Gasteiger partial charge in [0.05, 0.1) is 6.10 Å². The van der Waals surface area contributed by atoms with Crippen molar-refractivity contribution >= 4 is 0 Å². The Kier molecular flexibility index (Phi) is 5.03. The van der Waals surface area contributed by atoms with Crippen molar-refractivity contribution in [3.63, 3.8) is 0 Å². The van der Waals surface area contributed by atoms with Crippen LogP contribution in [0.2, 0.25) is 0 Å². The summed E-state index contributed by atoms with van der Waals surface area (Å²) >= 11 is 0. The van der Waals surface area contributed by atoms with Gasteiger partial charge in [-0.25, -0.2) is 0 Å². The van der Waals surface area contributed by atoms with Crippen molar-refractivity contribution < 1.29 is 4.74 Å². The molecule has 3 nitrogen and oxygen atoms in total. The van der Waals surface area contributed by atoms with Crippen molar-refractivity contribution in [3.05, 3.63) is 0 Å². The van der Waals surface area contributed by atoms with Crippen LogP contribution in [0.1, 0.15) is 52.9 Å². The Morgan fingerprint density at radius 2 is 2.20 bits per heavy atom. The predicted molar refractivity (Wildman–Crippen MR) is 63.4 cm³/mol. The van der Waals surface area contributed by atoms with Crippen molar-refractivity contribution in [2.75, 3.05) is 6.61 Å². The molecule has 1 heterocycles. The highest BCUT2D eigenvalue weighted by atomic mass is 16.5. The Morgan fingerprint density at radius 3 is 2.67 bits per heavy atom. The van der Waals surface area contributed by atoms with E-state index in [0.29, 0.717) is 17.6 Å². The van der Waals surface area contributed by atoms with Crippen LogP contribution in [0.15, 0.2) is 0 Å². The predicted octanol–water partition coefficient (Wildman–Crippen LogP) is 2.21. The van der Waals surface area contributed by atoms with E-state index in [2.05, 4.69) is 26.2 Å². The number of rotatable bonds is 5. The molecule has 3 heteroatoms. The Hall–Kier alpha value is -0.120. The third kappa shape index (κ3) is 5.50. The summed E-state index contributed by atoms with van der Waals surface area (Å²) in [6.45, 7) is 7.71. The molecule has 1 aliphatic heterocycles. The average molecular weight is 214 g/mol. The fourth-order valence-corrected chi connectivity index (χ4v) is 2.24. The van der Waals surface area contributed by atoms with Crippen LogP contribution in [-0.2, 0) is 4.74 Å². The lowest BCUT2D eigenvalue weighted by atomic mass is 9.86. The molecule has 0 spiro atoms. The van der Waals surface area contributed by atoms with Gasteiger partial charge >= 0.3 is 0 Å². The van der Waals surface area contributed by atoms with E-state index < -0.39 is 0 Å². The Bertz CT molecular complexity index is 171. The maximum Gasteiger partial charge on any atom is 0.0576 e. The molecule has 2 atom stereocenters. The number of hydrogen-bond acceptors (Lipinski definition) is 3. The highest BCUT2D eigenvalue weighted by Gasteiger charge is 2.21. The smallest absolute Gasteiger partial charge is 0.0576 e. The zero-order valence-corrected chi connectivity index (χ0v) is 10.4. The highest BCUT2D eigenvalue weighted by Crippen LogP contribution is 2.24. The van der Waals surface area contributed by atoms with Gasteiger partial charge in [-0.15, -0.1) is 0 Å². The third-order valence-corrected chi connectivity index (χ3v) is 2.96. The minimum atomic E-state index is 0.341. The van der Waals surface area contributed by atoms with Gasteiger partial charge in [0.25, 0.3) is 0 Å². The number of ether oxygens (including phenoxy) is 1. The normalized spacial score (nSPS) is 24.4. The topological polar surface area (TPSA) is 47.3 Å². The molecule has 3 N–H and O–H groups in total. The first kappa shape index (κ1) is 12.9. The van der Waals surface area contributed by atoms with Crippen LogP contribution in [0.25, 0.3) is 0 Å². The zero-order valence-electron chi connectivity index (χ0n) is 10.4. The van der Waals surface area contributed by atoms with Crippen LogP contribution in [-0.4, -0.2) is 18.8 Å². The quantitative estimate of drug-likeness (QED) is 0.545. The molecule has 0 aliphatic carbocycles. The second-order valence-corrected chi connectivity index (χ2v) is 5.84. The van der Waals surface area contributed by atoms with Crippen LogP contribution in [0.5, 0.6) is 0 Å². The molecule has 0 aromatic heterocycles. The largest absolute Gasteiger partial charge is 0.378 e. The van der Waals surface area contributed by atoms with Crippen LogP contribution in [0, 0.1) is 5.41 Å². The minimum Gasteiger partial charge on any atom is -0.378 e. The lowest BCUT2D eigenvalue weighted by Gasteiger charge is -2.26. The van der Waals surface area contributed by atoms with Gasteiger partial charge < -0.3 is 4.74 Å². The molecule has 90 valence electrons. The van der Waals surface area contributed by atoms with Gasteiger partial charge in [-0.1, -0.05) is 20.8 Å². The van der Waals surface area contributed by atoms with Crippen LogP contribution < -0.4 is 11.3 Å². The molecule has 15 heavy (non-hydrogen) atoms. The first-order chi connectivity index (χ1) is 7.01. The molecule has 1 rings (SSSR count). The van der Waals surface area contributed by atoms with Crippen molar-refractivity contribution in [1.82, 2.24) is 5.43 Å². The van der Waals surface area contributed by atoms with Crippen molar-refractivity contribution in [3.8, 4) is 0 Å². The minimum absolute atomic E-state index is 0.341. The van der Waals surface area contributed by atoms with E-state index >= 15 is 0 Å². The molecule has 1 fully saturated rings. The Morgan fingerprint density at radius 1 is 1.47 bits per heavy atom. The standard InChI is InChI=1S/C12H26N2O/c1-12(2,3)9-10(14-13)6-7-11-5-4-8-15-11/h10-11,14H,4-9,13H2,1-3H3. The van der Waals surface area contributed by atoms with E-state index in [9.17, 15) is 0 Å². The second kappa shape index (κ2) is 5.83. The van der Waals surface area contributed by atoms with E-state index in [-0.39, 0.29) is 0 Å². The third-order valence-electron chi connectivity index (χ3n) is 2.96. The molecule has 2 unspecified atom stereocenters. The van der Waals surface area contributed by atoms with Gasteiger partial charge in [0.1, 0.15) is 0 Å². The molecule has 0 radical (unpaired) electrons. The van der Waals surface area contributed by atoms with Gasteiger partial charge in [0.15, 0.2) is 0 Å². The number of nitrogens with one attached hydrogen (secondary N) is 1. The summed E-state index contributed by atoms with van der Waals surface area (Å²) in [4.78, 5) is 0. The molecule has 0 aromatic carbocycles. The monoisotopic (exact) mass is 214 g/mol. The van der Waals surface area contributed by atoms with Crippen molar-refractivity contribution in [2.24, 2.45) is 11.3 Å². The fourth-order valence-electron chi connectivity index (χ4n) is 2.24. The summed E-state index contributed by atoms with van der Waals surface area (Å²) in [5.74, 6) is 5.57. The summed E-state index contributed by atoms with van der Waals surface area (Å²) in [7, 11) is 0. The summed E-state index contributed by atoms with van der Waals surface area (Å²) in [5, 5.41) is 0. The number of nitrogens with two attached hydrogens (primary N) is 1. The van der Waals surface area contributed by atoms with Crippen molar-refractivity contribution in [2.45, 2.75) is 65.0 Å². The SMILES string of the molecule is CC(C)(C)CC(CCC1CCCO1)NN. The first-order valence-corrected chi connectivity index (χ1v) is 6.09. The average Bonchev–Trinajstić information content (AvgIpc) is 2.62. The van der Waals surface area contributed by atoms with E-state index in [1.165, 1.54) is 12.8 Å². The van der Waals surface area contributed by atoms with Crippen LogP contribution in [0.3, 0.4) is 0 Å². The maximum atomic E-state index is 5.61. The molecular formula is C12H26N2O. The lowest BCUT2D eigenvalue weighted by Crippen LogP contribution is -2.38. The molecule has 0 saturated carbocycles.